The molecule has 0 fully saturated rings. The Bertz CT molecular complexity index is 1670. The van der Waals surface area contributed by atoms with Gasteiger partial charge in [0.25, 0.3) is 10.1 Å². The molecule has 2 aliphatic heterocycles. The van der Waals surface area contributed by atoms with Crippen LogP contribution in [0.15, 0.2) is 89.5 Å². The number of unbranched alkanes of at least 4 members (excludes halogenated alkanes) is 2. The molecule has 0 atom stereocenters. The van der Waals surface area contributed by atoms with Crippen LogP contribution in [-0.2, 0) is 25.7 Å². The minimum Gasteiger partial charge on any atom is -0.481 e. The fourth-order valence-electron chi connectivity index (χ4n) is 6.21. The molecular weight excluding hydrogens is 560 g/mol. The zero-order valence-electron chi connectivity index (χ0n) is 26.0. The largest absolute Gasteiger partial charge is 0.481 e. The number of carbonyl (C=O) groups is 1. The third-order valence-electron chi connectivity index (χ3n) is 8.57. The van der Waals surface area contributed by atoms with Crippen molar-refractivity contribution in [2.24, 2.45) is 0 Å². The number of benzene rings is 2. The van der Waals surface area contributed by atoms with Gasteiger partial charge in [-0.15, -0.1) is 0 Å². The van der Waals surface area contributed by atoms with Crippen molar-refractivity contribution in [3.63, 3.8) is 0 Å². The molecule has 7 nitrogen and oxygen atoms in total. The van der Waals surface area contributed by atoms with Crippen molar-refractivity contribution in [3.05, 3.63) is 101 Å². The Morgan fingerprint density at radius 2 is 1.60 bits per heavy atom. The van der Waals surface area contributed by atoms with Crippen LogP contribution in [0.1, 0.15) is 70.1 Å². The van der Waals surface area contributed by atoms with Crippen LogP contribution in [0.4, 0.5) is 11.4 Å². The lowest BCUT2D eigenvalue weighted by molar-refractivity contribution is -0.401. The van der Waals surface area contributed by atoms with Crippen LogP contribution in [0.25, 0.3) is 0 Å². The number of carboxylic acid groups (broad SMARTS) is 1. The van der Waals surface area contributed by atoms with Gasteiger partial charge in [-0.05, 0) is 69.5 Å². The fraction of sp³-hybridized carbons (Fsp3) is 0.371. The number of aryl methyl sites for hydroxylation is 1. The van der Waals surface area contributed by atoms with Crippen LogP contribution in [0.3, 0.4) is 0 Å². The Morgan fingerprint density at radius 1 is 0.907 bits per heavy atom. The molecule has 228 valence electrons. The van der Waals surface area contributed by atoms with Crippen LogP contribution >= 0.6 is 0 Å². The van der Waals surface area contributed by atoms with Gasteiger partial charge in [-0.3, -0.25) is 9.35 Å². The summed E-state index contributed by atoms with van der Waals surface area (Å²) in [6.07, 6.45) is 16.5. The van der Waals surface area contributed by atoms with Gasteiger partial charge in [-0.2, -0.15) is 13.0 Å². The minimum absolute atomic E-state index is 0.0872. The summed E-state index contributed by atoms with van der Waals surface area (Å²) in [5, 5.41) is 8.96. The first-order valence-electron chi connectivity index (χ1n) is 14.7. The van der Waals surface area contributed by atoms with Crippen molar-refractivity contribution in [1.82, 2.24) is 0 Å². The maximum absolute atomic E-state index is 11.9. The summed E-state index contributed by atoms with van der Waals surface area (Å²) in [7, 11) is -2.23. The number of hydrogen-bond donors (Lipinski definition) is 2. The Morgan fingerprint density at radius 3 is 2.30 bits per heavy atom. The fourth-order valence-corrected chi connectivity index (χ4v) is 6.72. The highest BCUT2D eigenvalue weighted by atomic mass is 32.2. The first-order chi connectivity index (χ1) is 20.2. The van der Waals surface area contributed by atoms with E-state index in [0.717, 1.165) is 29.8 Å². The number of nitrogens with zero attached hydrogens (tertiary/aromatic N) is 2. The molecule has 0 saturated heterocycles. The van der Waals surface area contributed by atoms with Crippen LogP contribution in [0.5, 0.6) is 0 Å². The normalized spacial score (nSPS) is 18.5. The predicted octanol–water partition coefficient (Wildman–Crippen LogP) is 7.24. The molecule has 2 N–H and O–H groups in total. The molecule has 0 spiro atoms. The summed E-state index contributed by atoms with van der Waals surface area (Å²) in [6, 6.07) is 11.3. The van der Waals surface area contributed by atoms with Crippen molar-refractivity contribution >= 4 is 33.2 Å². The highest BCUT2D eigenvalue weighted by molar-refractivity contribution is 7.85. The van der Waals surface area contributed by atoms with E-state index in [1.165, 1.54) is 28.6 Å². The summed E-state index contributed by atoms with van der Waals surface area (Å²) < 4.78 is 35.6. The zero-order chi connectivity index (χ0) is 31.6. The molecule has 0 bridgehead atoms. The molecular formula is C35H43N2O5S+. The maximum Gasteiger partial charge on any atom is 0.303 e. The van der Waals surface area contributed by atoms with E-state index in [1.54, 1.807) is 12.1 Å². The van der Waals surface area contributed by atoms with Crippen LogP contribution < -0.4 is 4.90 Å². The Balaban J connectivity index is 1.53. The van der Waals surface area contributed by atoms with Gasteiger partial charge in [-0.25, -0.2) is 0 Å². The monoisotopic (exact) mass is 603 g/mol. The lowest BCUT2D eigenvalue weighted by atomic mass is 9.81. The topological polar surface area (TPSA) is 97.9 Å². The van der Waals surface area contributed by atoms with E-state index in [4.69, 9.17) is 5.11 Å². The molecule has 8 heteroatoms. The van der Waals surface area contributed by atoms with Crippen molar-refractivity contribution in [1.29, 1.82) is 0 Å². The molecule has 0 aromatic heterocycles. The predicted molar refractivity (Wildman–Crippen MR) is 173 cm³/mol. The van der Waals surface area contributed by atoms with Gasteiger partial charge in [-0.1, -0.05) is 62.3 Å². The first-order valence-corrected chi connectivity index (χ1v) is 16.2. The van der Waals surface area contributed by atoms with E-state index in [9.17, 15) is 17.8 Å². The van der Waals surface area contributed by atoms with Crippen molar-refractivity contribution in [3.8, 4) is 0 Å². The first kappa shape index (κ1) is 32.2. The number of hydrogen-bond acceptors (Lipinski definition) is 4. The molecule has 0 unspecified atom stereocenters. The Kier molecular flexibility index (Phi) is 9.33. The Hall–Kier alpha value is -3.75. The quantitative estimate of drug-likeness (QED) is 0.122. The average molecular weight is 604 g/mol. The second-order valence-corrected chi connectivity index (χ2v) is 13.8. The smallest absolute Gasteiger partial charge is 0.303 e. The number of aliphatic carboxylic acids is 1. The molecule has 0 radical (unpaired) electrons. The van der Waals surface area contributed by atoms with E-state index in [2.05, 4.69) is 67.6 Å². The molecule has 2 aromatic carbocycles. The van der Waals surface area contributed by atoms with E-state index in [0.29, 0.717) is 13.0 Å². The standard InChI is InChI=1S/C35H42N2O5S/c1-25-18-20-29-27(23-25)34(2,3)31(36(29)6)15-11-8-7-9-12-16-32-35(4,5)28-24-26(43(40,41)42)19-21-30(28)37(32)22-14-10-13-17-33(38)39/h7-9,11-12,15-16,18-21,23-24H,10,13-14,17,22H2,1-6H3,(H-,38,39,40,41,42)/p+1. The van der Waals surface area contributed by atoms with E-state index >= 15 is 0 Å². The molecule has 2 heterocycles. The van der Waals surface area contributed by atoms with Gasteiger partial charge in [0.05, 0.1) is 10.3 Å². The van der Waals surface area contributed by atoms with Gasteiger partial charge in [0.15, 0.2) is 5.71 Å². The Labute approximate surface area is 256 Å². The molecule has 0 saturated carbocycles. The molecule has 2 aromatic rings. The van der Waals surface area contributed by atoms with E-state index in [1.807, 2.05) is 44.2 Å². The third kappa shape index (κ3) is 6.76. The molecule has 2 aliphatic rings. The maximum atomic E-state index is 11.9. The van der Waals surface area contributed by atoms with Gasteiger partial charge in [0.1, 0.15) is 7.05 Å². The number of carboxylic acids is 1. The summed E-state index contributed by atoms with van der Waals surface area (Å²) in [6.45, 7) is 11.4. The lowest BCUT2D eigenvalue weighted by Gasteiger charge is -2.27. The van der Waals surface area contributed by atoms with Crippen LogP contribution in [-0.4, -0.2) is 47.9 Å². The van der Waals surface area contributed by atoms with E-state index < -0.39 is 21.5 Å². The highest BCUT2D eigenvalue weighted by Crippen LogP contribution is 2.48. The van der Waals surface area contributed by atoms with Crippen LogP contribution in [0, 0.1) is 6.92 Å². The summed E-state index contributed by atoms with van der Waals surface area (Å²) in [5.41, 5.74) is 7.19. The second kappa shape index (κ2) is 12.5. The van der Waals surface area contributed by atoms with Crippen LogP contribution in [0.2, 0.25) is 0 Å². The SMILES string of the molecule is Cc1ccc2c(c1)C(C)(C)C(/C=C/C=C/C=C/C=C1/N(CCCCCC(=O)O)c3ccc(S(=O)(=O)O)cc3C1(C)C)=[N+]2C. The number of rotatable bonds is 11. The number of anilines is 1. The molecule has 0 aliphatic carbocycles. The van der Waals surface area contributed by atoms with Crippen molar-refractivity contribution in [2.45, 2.75) is 76.0 Å². The molecule has 0 amide bonds. The van der Waals surface area contributed by atoms with Crippen molar-refractivity contribution in [2.75, 3.05) is 18.5 Å². The summed E-state index contributed by atoms with van der Waals surface area (Å²) in [5.74, 6) is -0.795. The van der Waals surface area contributed by atoms with Gasteiger partial charge in [0.2, 0.25) is 5.69 Å². The summed E-state index contributed by atoms with van der Waals surface area (Å²) >= 11 is 0. The lowest BCUT2D eigenvalue weighted by Crippen LogP contribution is -2.27. The molecule has 43 heavy (non-hydrogen) atoms. The minimum atomic E-state index is -4.33. The summed E-state index contributed by atoms with van der Waals surface area (Å²) in [4.78, 5) is 12.9. The molecule has 4 rings (SSSR count). The number of allylic oxidation sites excluding steroid dienone is 8. The van der Waals surface area contributed by atoms with Gasteiger partial charge in [0, 0.05) is 47.5 Å². The number of fused-ring (bicyclic) bond motifs is 2. The van der Waals surface area contributed by atoms with Gasteiger partial charge >= 0.3 is 5.97 Å². The zero-order valence-corrected chi connectivity index (χ0v) is 26.8. The van der Waals surface area contributed by atoms with Crippen molar-refractivity contribution < 1.29 is 27.4 Å². The second-order valence-electron chi connectivity index (χ2n) is 12.4. The average Bonchev–Trinajstić information content (AvgIpc) is 3.25. The van der Waals surface area contributed by atoms with Gasteiger partial charge < -0.3 is 10.0 Å². The highest BCUT2D eigenvalue weighted by Gasteiger charge is 2.43. The third-order valence-corrected chi connectivity index (χ3v) is 9.42. The van der Waals surface area contributed by atoms with E-state index in [-0.39, 0.29) is 16.7 Å².